The normalized spacial score (nSPS) is 28.3. The summed E-state index contributed by atoms with van der Waals surface area (Å²) < 4.78 is 0. The van der Waals surface area contributed by atoms with Crippen molar-refractivity contribution in [2.75, 3.05) is 6.54 Å². The number of hydrogen-bond acceptors (Lipinski definition) is 2. The van der Waals surface area contributed by atoms with Crippen molar-refractivity contribution >= 4 is 11.8 Å². The average Bonchev–Trinajstić information content (AvgIpc) is 3.05. The van der Waals surface area contributed by atoms with Gasteiger partial charge in [-0.1, -0.05) is 48.5 Å². The van der Waals surface area contributed by atoms with Gasteiger partial charge in [0.2, 0.25) is 0 Å². The van der Waals surface area contributed by atoms with Crippen molar-refractivity contribution in [2.45, 2.75) is 29.2 Å². The fourth-order valence-corrected chi connectivity index (χ4v) is 4.96. The minimum absolute atomic E-state index is 0.783. The Labute approximate surface area is 125 Å². The summed E-state index contributed by atoms with van der Waals surface area (Å²) >= 11 is 2.08. The van der Waals surface area contributed by atoms with E-state index >= 15 is 0 Å². The maximum atomic E-state index is 2.68. The molecule has 0 N–H and O–H groups in total. The summed E-state index contributed by atoms with van der Waals surface area (Å²) in [5.41, 5.74) is 1.45. The van der Waals surface area contributed by atoms with Crippen molar-refractivity contribution in [3.05, 3.63) is 66.2 Å². The van der Waals surface area contributed by atoms with Gasteiger partial charge in [0.1, 0.15) is 0 Å². The Morgan fingerprint density at radius 3 is 2.40 bits per heavy atom. The fourth-order valence-electron chi connectivity index (χ4n) is 3.50. The smallest absolute Gasteiger partial charge is 0.0291 e. The number of benzene rings is 2. The first-order chi connectivity index (χ1) is 9.90. The van der Waals surface area contributed by atoms with Gasteiger partial charge in [-0.25, -0.2) is 0 Å². The van der Waals surface area contributed by atoms with Crippen molar-refractivity contribution in [3.8, 4) is 0 Å². The molecule has 0 spiro atoms. The molecule has 2 aliphatic heterocycles. The molecule has 3 aliphatic rings. The summed E-state index contributed by atoms with van der Waals surface area (Å²) in [5.74, 6) is 0.897. The highest BCUT2D eigenvalue weighted by Crippen LogP contribution is 2.50. The molecule has 3 atom stereocenters. The molecule has 2 bridgehead atoms. The van der Waals surface area contributed by atoms with Crippen LogP contribution in [-0.2, 0) is 6.54 Å². The van der Waals surface area contributed by atoms with Crippen LogP contribution in [0.15, 0.2) is 65.6 Å². The summed E-state index contributed by atoms with van der Waals surface area (Å²) in [4.78, 5) is 4.11. The Morgan fingerprint density at radius 2 is 1.65 bits per heavy atom. The third kappa shape index (κ3) is 2.27. The number of hydrogen-bond donors (Lipinski definition) is 0. The van der Waals surface area contributed by atoms with Gasteiger partial charge in [0.15, 0.2) is 0 Å². The van der Waals surface area contributed by atoms with Gasteiger partial charge >= 0.3 is 0 Å². The molecular weight excluding hydrogens is 262 g/mol. The second kappa shape index (κ2) is 5.27. The molecule has 102 valence electrons. The summed E-state index contributed by atoms with van der Waals surface area (Å²) in [5, 5.41) is 0.807. The third-order valence-corrected chi connectivity index (χ3v) is 6.09. The van der Waals surface area contributed by atoms with E-state index in [4.69, 9.17) is 0 Å². The molecule has 20 heavy (non-hydrogen) atoms. The maximum Gasteiger partial charge on any atom is 0.0291 e. The highest BCUT2D eigenvalue weighted by molar-refractivity contribution is 8.00. The van der Waals surface area contributed by atoms with Gasteiger partial charge < -0.3 is 0 Å². The number of thioether (sulfide) groups is 1. The molecule has 5 rings (SSSR count). The lowest BCUT2D eigenvalue weighted by molar-refractivity contribution is 0.247. The van der Waals surface area contributed by atoms with Crippen LogP contribution in [-0.4, -0.2) is 22.7 Å². The predicted molar refractivity (Wildman–Crippen MR) is 84.8 cm³/mol. The van der Waals surface area contributed by atoms with Gasteiger partial charge in [-0.3, -0.25) is 4.90 Å². The van der Waals surface area contributed by atoms with Crippen LogP contribution in [0.4, 0.5) is 0 Å². The first-order valence-corrected chi connectivity index (χ1v) is 8.28. The highest BCUT2D eigenvalue weighted by Gasteiger charge is 2.51. The van der Waals surface area contributed by atoms with E-state index in [2.05, 4.69) is 77.3 Å². The Morgan fingerprint density at radius 1 is 0.950 bits per heavy atom. The van der Waals surface area contributed by atoms with Gasteiger partial charge in [0, 0.05) is 29.3 Å². The highest BCUT2D eigenvalue weighted by atomic mass is 32.2. The molecule has 3 fully saturated rings. The van der Waals surface area contributed by atoms with Crippen LogP contribution >= 0.6 is 11.8 Å². The summed E-state index contributed by atoms with van der Waals surface area (Å²) in [6, 6.07) is 22.5. The van der Waals surface area contributed by atoms with Gasteiger partial charge in [-0.05, 0) is 30.0 Å². The monoisotopic (exact) mass is 281 g/mol. The molecule has 0 aromatic heterocycles. The molecule has 1 aliphatic carbocycles. The standard InChI is InChI=1S/C18H19NS/c1-3-7-14(8-4-1)12-19-13-15-11-17(19)18(15)20-16-9-5-2-6-10-16/h1-10,15,17-18H,11-13H2/t15-,17-,18-/m1/s1. The second-order valence-corrected chi connectivity index (χ2v) is 7.13. The van der Waals surface area contributed by atoms with E-state index in [1.165, 1.54) is 23.4 Å². The fraction of sp³-hybridized carbons (Fsp3) is 0.333. The summed E-state index contributed by atoms with van der Waals surface area (Å²) in [6.07, 6.45) is 1.40. The molecule has 2 heteroatoms. The topological polar surface area (TPSA) is 3.24 Å². The Kier molecular flexibility index (Phi) is 3.29. The molecule has 2 heterocycles. The Hall–Kier alpha value is -1.25. The molecule has 2 aromatic carbocycles. The molecule has 0 unspecified atom stereocenters. The van der Waals surface area contributed by atoms with E-state index in [9.17, 15) is 0 Å². The van der Waals surface area contributed by atoms with Gasteiger partial charge in [-0.2, -0.15) is 0 Å². The molecule has 2 saturated heterocycles. The van der Waals surface area contributed by atoms with E-state index < -0.39 is 0 Å². The van der Waals surface area contributed by atoms with Crippen LogP contribution < -0.4 is 0 Å². The Bertz CT molecular complexity index is 525. The van der Waals surface area contributed by atoms with Crippen LogP contribution in [0.2, 0.25) is 0 Å². The minimum Gasteiger partial charge on any atom is -0.295 e. The lowest BCUT2D eigenvalue weighted by Gasteiger charge is -2.36. The number of nitrogens with zero attached hydrogens (tertiary/aromatic N) is 1. The van der Waals surface area contributed by atoms with Crippen molar-refractivity contribution in [1.29, 1.82) is 0 Å². The quantitative estimate of drug-likeness (QED) is 0.831. The van der Waals surface area contributed by atoms with Crippen LogP contribution in [0.1, 0.15) is 12.0 Å². The molecule has 1 saturated carbocycles. The zero-order chi connectivity index (χ0) is 13.4. The van der Waals surface area contributed by atoms with E-state index in [-0.39, 0.29) is 0 Å². The minimum atomic E-state index is 0.783. The number of rotatable bonds is 4. The maximum absolute atomic E-state index is 2.68. The molecule has 0 amide bonds. The summed E-state index contributed by atoms with van der Waals surface area (Å²) in [6.45, 7) is 2.40. The zero-order valence-electron chi connectivity index (χ0n) is 11.5. The molecule has 2 aromatic rings. The van der Waals surface area contributed by atoms with E-state index in [1.54, 1.807) is 0 Å². The first kappa shape index (κ1) is 12.5. The first-order valence-electron chi connectivity index (χ1n) is 7.40. The van der Waals surface area contributed by atoms with Gasteiger partial charge in [0.05, 0.1) is 0 Å². The van der Waals surface area contributed by atoms with E-state index in [1.807, 2.05) is 0 Å². The lowest BCUT2D eigenvalue weighted by atomic mass is 9.85. The lowest BCUT2D eigenvalue weighted by Crippen LogP contribution is -2.41. The van der Waals surface area contributed by atoms with E-state index in [0.717, 1.165) is 23.8 Å². The molecule has 0 radical (unpaired) electrons. The second-order valence-electron chi connectivity index (χ2n) is 5.87. The van der Waals surface area contributed by atoms with Gasteiger partial charge in [-0.15, -0.1) is 11.8 Å². The molecule has 1 nitrogen and oxygen atoms in total. The number of fused-ring (bicyclic) bond motifs is 1. The van der Waals surface area contributed by atoms with Crippen LogP contribution in [0.5, 0.6) is 0 Å². The molecular formula is C18H19NS. The largest absolute Gasteiger partial charge is 0.295 e. The van der Waals surface area contributed by atoms with E-state index in [0.29, 0.717) is 0 Å². The van der Waals surface area contributed by atoms with Crippen molar-refractivity contribution in [2.24, 2.45) is 5.92 Å². The van der Waals surface area contributed by atoms with Crippen molar-refractivity contribution < 1.29 is 0 Å². The Balaban J connectivity index is 1.42. The third-order valence-electron chi connectivity index (χ3n) is 4.57. The van der Waals surface area contributed by atoms with Crippen molar-refractivity contribution in [1.82, 2.24) is 4.90 Å². The van der Waals surface area contributed by atoms with Crippen LogP contribution in [0, 0.1) is 5.92 Å². The average molecular weight is 281 g/mol. The zero-order valence-corrected chi connectivity index (χ0v) is 12.3. The van der Waals surface area contributed by atoms with Crippen molar-refractivity contribution in [3.63, 3.8) is 0 Å². The summed E-state index contributed by atoms with van der Waals surface area (Å²) in [7, 11) is 0. The van der Waals surface area contributed by atoms with Gasteiger partial charge in [0.25, 0.3) is 0 Å². The predicted octanol–water partition coefficient (Wildman–Crippen LogP) is 4.05. The van der Waals surface area contributed by atoms with Crippen LogP contribution in [0.25, 0.3) is 0 Å². The SMILES string of the molecule is c1ccc(CN2C[C@H]3C[C@@H]2[C@@H]3Sc2ccccc2)cc1. The van der Waals surface area contributed by atoms with Crippen LogP contribution in [0.3, 0.4) is 0 Å².